The first-order valence-electron chi connectivity index (χ1n) is 7.92. The van der Waals surface area contributed by atoms with Gasteiger partial charge in [0.05, 0.1) is 5.56 Å². The number of hydrogen-bond acceptors (Lipinski definition) is 2. The number of fused-ring (bicyclic) bond motifs is 3. The summed E-state index contributed by atoms with van der Waals surface area (Å²) in [6.45, 7) is 4.12. The highest BCUT2D eigenvalue weighted by molar-refractivity contribution is 7.26. The van der Waals surface area contributed by atoms with Crippen molar-refractivity contribution in [1.82, 2.24) is 0 Å². The fourth-order valence-electron chi connectivity index (χ4n) is 2.94. The van der Waals surface area contributed by atoms with E-state index in [2.05, 4.69) is 37.4 Å². The van der Waals surface area contributed by atoms with Gasteiger partial charge in [0.1, 0.15) is 0 Å². The Kier molecular flexibility index (Phi) is 3.58. The predicted octanol–water partition coefficient (Wildman–Crippen LogP) is 5.92. The van der Waals surface area contributed by atoms with Crippen LogP contribution in [0.5, 0.6) is 0 Å². The lowest BCUT2D eigenvalue weighted by atomic mass is 10.1. The molecule has 1 N–H and O–H groups in total. The van der Waals surface area contributed by atoms with Crippen LogP contribution in [-0.4, -0.2) is 5.91 Å². The second-order valence-electron chi connectivity index (χ2n) is 6.03. The molecule has 4 aromatic rings. The molecule has 0 spiro atoms. The van der Waals surface area contributed by atoms with Crippen molar-refractivity contribution in [3.63, 3.8) is 0 Å². The van der Waals surface area contributed by atoms with Crippen LogP contribution in [0.3, 0.4) is 0 Å². The van der Waals surface area contributed by atoms with Gasteiger partial charge in [0.15, 0.2) is 0 Å². The van der Waals surface area contributed by atoms with Gasteiger partial charge in [-0.2, -0.15) is 0 Å². The Morgan fingerprint density at radius 1 is 0.875 bits per heavy atom. The van der Waals surface area contributed by atoms with Gasteiger partial charge in [-0.1, -0.05) is 36.4 Å². The van der Waals surface area contributed by atoms with E-state index in [1.165, 1.54) is 21.2 Å². The summed E-state index contributed by atoms with van der Waals surface area (Å²) in [5.41, 5.74) is 3.96. The van der Waals surface area contributed by atoms with E-state index in [0.717, 1.165) is 21.3 Å². The van der Waals surface area contributed by atoms with Gasteiger partial charge < -0.3 is 5.32 Å². The fraction of sp³-hybridized carbons (Fsp3) is 0.0952. The average Bonchev–Trinajstić information content (AvgIpc) is 2.97. The molecule has 0 saturated carbocycles. The third kappa shape index (κ3) is 2.47. The number of rotatable bonds is 2. The zero-order chi connectivity index (χ0) is 16.7. The summed E-state index contributed by atoms with van der Waals surface area (Å²) in [6.07, 6.45) is 0. The van der Waals surface area contributed by atoms with E-state index in [4.69, 9.17) is 0 Å². The molecule has 4 rings (SSSR count). The second kappa shape index (κ2) is 5.77. The van der Waals surface area contributed by atoms with Gasteiger partial charge in [0.25, 0.3) is 5.91 Å². The van der Waals surface area contributed by atoms with Gasteiger partial charge in [-0.15, -0.1) is 11.3 Å². The van der Waals surface area contributed by atoms with Gasteiger partial charge in [0, 0.05) is 25.9 Å². The molecule has 1 amide bonds. The Morgan fingerprint density at radius 3 is 2.50 bits per heavy atom. The number of carbonyl (C=O) groups excluding carboxylic acids is 1. The van der Waals surface area contributed by atoms with E-state index in [0.29, 0.717) is 0 Å². The minimum absolute atomic E-state index is 0.0598. The predicted molar refractivity (Wildman–Crippen MR) is 103 cm³/mol. The molecule has 0 atom stereocenters. The van der Waals surface area contributed by atoms with Crippen LogP contribution in [0.15, 0.2) is 60.7 Å². The lowest BCUT2D eigenvalue weighted by Crippen LogP contribution is -2.12. The number of nitrogens with one attached hydrogen (secondary N) is 1. The van der Waals surface area contributed by atoms with E-state index in [-0.39, 0.29) is 5.91 Å². The van der Waals surface area contributed by atoms with Crippen molar-refractivity contribution in [3.05, 3.63) is 77.4 Å². The lowest BCUT2D eigenvalue weighted by molar-refractivity contribution is 0.102. The maximum atomic E-state index is 12.8. The van der Waals surface area contributed by atoms with Crippen LogP contribution in [0.1, 0.15) is 21.5 Å². The van der Waals surface area contributed by atoms with E-state index < -0.39 is 0 Å². The van der Waals surface area contributed by atoms with Gasteiger partial charge in [-0.3, -0.25) is 4.79 Å². The quantitative estimate of drug-likeness (QED) is 0.485. The number of amides is 1. The summed E-state index contributed by atoms with van der Waals surface area (Å²) >= 11 is 1.67. The van der Waals surface area contributed by atoms with Gasteiger partial charge >= 0.3 is 0 Å². The summed E-state index contributed by atoms with van der Waals surface area (Å²) in [7, 11) is 0. The number of aryl methyl sites for hydroxylation is 2. The lowest BCUT2D eigenvalue weighted by Gasteiger charge is -2.08. The van der Waals surface area contributed by atoms with Crippen molar-refractivity contribution in [1.29, 1.82) is 0 Å². The molecule has 1 aromatic heterocycles. The van der Waals surface area contributed by atoms with Crippen LogP contribution < -0.4 is 5.32 Å². The molecule has 0 fully saturated rings. The van der Waals surface area contributed by atoms with Crippen molar-refractivity contribution in [3.8, 4) is 0 Å². The van der Waals surface area contributed by atoms with Crippen LogP contribution in [0.25, 0.3) is 20.2 Å². The molecule has 0 aliphatic rings. The molecular formula is C21H17NOS. The largest absolute Gasteiger partial charge is 0.322 e. The van der Waals surface area contributed by atoms with Gasteiger partial charge in [-0.25, -0.2) is 0 Å². The van der Waals surface area contributed by atoms with Crippen LogP contribution in [-0.2, 0) is 0 Å². The van der Waals surface area contributed by atoms with Gasteiger partial charge in [0.2, 0.25) is 0 Å². The topological polar surface area (TPSA) is 29.1 Å². The first-order chi connectivity index (χ1) is 11.6. The molecule has 0 aliphatic heterocycles. The van der Waals surface area contributed by atoms with Crippen molar-refractivity contribution in [2.75, 3.05) is 5.32 Å². The third-order valence-corrected chi connectivity index (χ3v) is 5.63. The van der Waals surface area contributed by atoms with E-state index >= 15 is 0 Å². The average molecular weight is 331 g/mol. The number of thiophene rings is 1. The molecule has 0 bridgehead atoms. The molecule has 0 unspecified atom stereocenters. The molecule has 3 heteroatoms. The maximum Gasteiger partial charge on any atom is 0.257 e. The first kappa shape index (κ1) is 14.9. The van der Waals surface area contributed by atoms with Crippen molar-refractivity contribution < 1.29 is 4.79 Å². The highest BCUT2D eigenvalue weighted by atomic mass is 32.1. The van der Waals surface area contributed by atoms with Crippen molar-refractivity contribution in [2.24, 2.45) is 0 Å². The molecule has 118 valence electrons. The molecule has 0 aliphatic carbocycles. The molecule has 2 nitrogen and oxygen atoms in total. The summed E-state index contributed by atoms with van der Waals surface area (Å²) in [5, 5.41) is 5.38. The maximum absolute atomic E-state index is 12.8. The Labute approximate surface area is 144 Å². The van der Waals surface area contributed by atoms with Crippen LogP contribution >= 0.6 is 11.3 Å². The summed E-state index contributed by atoms with van der Waals surface area (Å²) in [4.78, 5) is 12.8. The Balaban J connectivity index is 1.78. The van der Waals surface area contributed by atoms with Gasteiger partial charge in [-0.05, 0) is 49.2 Å². The van der Waals surface area contributed by atoms with E-state index in [1.807, 2.05) is 42.5 Å². The number of hydrogen-bond donors (Lipinski definition) is 1. The van der Waals surface area contributed by atoms with Crippen molar-refractivity contribution in [2.45, 2.75) is 13.8 Å². The number of benzene rings is 3. The summed E-state index contributed by atoms with van der Waals surface area (Å²) < 4.78 is 2.25. The Morgan fingerprint density at radius 2 is 1.67 bits per heavy atom. The smallest absolute Gasteiger partial charge is 0.257 e. The summed E-state index contributed by atoms with van der Waals surface area (Å²) in [5.74, 6) is -0.0598. The molecule has 0 saturated heterocycles. The van der Waals surface area contributed by atoms with E-state index in [1.54, 1.807) is 11.3 Å². The third-order valence-electron chi connectivity index (χ3n) is 4.41. The SMILES string of the molecule is Cc1ccc(NC(=O)c2cccc3c2sc2ccccc23)cc1C. The molecule has 3 aromatic carbocycles. The number of carbonyl (C=O) groups is 1. The van der Waals surface area contributed by atoms with Crippen LogP contribution in [0.2, 0.25) is 0 Å². The standard InChI is InChI=1S/C21H17NOS/c1-13-10-11-15(12-14(13)2)22-21(23)18-8-5-7-17-16-6-3-4-9-19(16)24-20(17)18/h3-12H,1-2H3,(H,22,23). The zero-order valence-corrected chi connectivity index (χ0v) is 14.4. The Bertz CT molecular complexity index is 1080. The number of anilines is 1. The van der Waals surface area contributed by atoms with E-state index in [9.17, 15) is 4.79 Å². The van der Waals surface area contributed by atoms with Crippen LogP contribution in [0, 0.1) is 13.8 Å². The van der Waals surface area contributed by atoms with Crippen molar-refractivity contribution >= 4 is 43.1 Å². The highest BCUT2D eigenvalue weighted by Crippen LogP contribution is 2.35. The first-order valence-corrected chi connectivity index (χ1v) is 8.74. The monoisotopic (exact) mass is 331 g/mol. The molecular weight excluding hydrogens is 314 g/mol. The van der Waals surface area contributed by atoms with Crippen LogP contribution in [0.4, 0.5) is 5.69 Å². The minimum Gasteiger partial charge on any atom is -0.322 e. The fourth-order valence-corrected chi connectivity index (χ4v) is 4.16. The summed E-state index contributed by atoms with van der Waals surface area (Å²) in [6, 6.07) is 20.2. The molecule has 24 heavy (non-hydrogen) atoms. The molecule has 0 radical (unpaired) electrons. The Hall–Kier alpha value is -2.65. The molecule has 1 heterocycles. The highest BCUT2D eigenvalue weighted by Gasteiger charge is 2.14. The second-order valence-corrected chi connectivity index (χ2v) is 7.09. The minimum atomic E-state index is -0.0598. The normalized spacial score (nSPS) is 11.1. The zero-order valence-electron chi connectivity index (χ0n) is 13.6.